The molecule has 24 heavy (non-hydrogen) atoms. The van der Waals surface area contributed by atoms with Gasteiger partial charge in [0.2, 0.25) is 0 Å². The fraction of sp³-hybridized carbons (Fsp3) is 0.737. The van der Waals surface area contributed by atoms with Crippen LogP contribution in [0.5, 0.6) is 0 Å². The molecule has 0 amide bonds. The Kier molecular flexibility index (Phi) is 3.14. The number of hydrogen-bond donors (Lipinski definition) is 4. The van der Waals surface area contributed by atoms with E-state index in [4.69, 9.17) is 0 Å². The molecule has 0 radical (unpaired) electrons. The zero-order valence-corrected chi connectivity index (χ0v) is 14.4. The molecule has 4 rings (SSSR count). The molecule has 5 nitrogen and oxygen atoms in total. The van der Waals surface area contributed by atoms with Gasteiger partial charge in [-0.05, 0) is 48.2 Å². The average Bonchev–Trinajstić information content (AvgIpc) is 3.07. The Bertz CT molecular complexity index is 677. The van der Waals surface area contributed by atoms with Crippen molar-refractivity contribution in [2.75, 3.05) is 6.61 Å². The molecule has 0 aliphatic heterocycles. The van der Waals surface area contributed by atoms with Gasteiger partial charge < -0.3 is 20.4 Å². The number of carbonyl (C=O) groups is 1. The van der Waals surface area contributed by atoms with Crippen molar-refractivity contribution >= 4 is 5.78 Å². The summed E-state index contributed by atoms with van der Waals surface area (Å²) < 4.78 is 0. The second-order valence-corrected chi connectivity index (χ2v) is 8.77. The van der Waals surface area contributed by atoms with Crippen molar-refractivity contribution in [3.63, 3.8) is 0 Å². The van der Waals surface area contributed by atoms with Gasteiger partial charge in [0.1, 0.15) is 17.8 Å². The number of aliphatic hydroxyl groups excluding tert-OH is 3. The largest absolute Gasteiger partial charge is 0.392 e. The molecule has 4 aliphatic carbocycles. The molecule has 2 fully saturated rings. The maximum Gasteiger partial charge on any atom is 0.153 e. The van der Waals surface area contributed by atoms with Gasteiger partial charge in [-0.2, -0.15) is 0 Å². The molecule has 0 aromatic carbocycles. The first-order chi connectivity index (χ1) is 11.1. The minimum atomic E-state index is -2.00. The molecule has 4 aliphatic rings. The van der Waals surface area contributed by atoms with Gasteiger partial charge in [-0.3, -0.25) is 4.79 Å². The van der Waals surface area contributed by atoms with Gasteiger partial charge >= 0.3 is 0 Å². The number of rotatable bonds is 1. The third-order valence-corrected chi connectivity index (χ3v) is 7.50. The van der Waals surface area contributed by atoms with E-state index in [0.717, 1.165) is 6.42 Å². The van der Waals surface area contributed by atoms with Gasteiger partial charge in [0.15, 0.2) is 5.78 Å². The summed E-state index contributed by atoms with van der Waals surface area (Å²) in [6.45, 7) is 5.54. The molecule has 7 atom stereocenters. The van der Waals surface area contributed by atoms with Crippen molar-refractivity contribution in [2.45, 2.75) is 51.4 Å². The van der Waals surface area contributed by atoms with E-state index in [1.807, 2.05) is 0 Å². The van der Waals surface area contributed by atoms with E-state index < -0.39 is 35.7 Å². The van der Waals surface area contributed by atoms with E-state index in [-0.39, 0.29) is 22.7 Å². The highest BCUT2D eigenvalue weighted by Crippen LogP contribution is 2.70. The summed E-state index contributed by atoms with van der Waals surface area (Å²) in [6, 6.07) is 0. The monoisotopic (exact) mass is 334 g/mol. The lowest BCUT2D eigenvalue weighted by molar-refractivity contribution is -0.181. The molecule has 132 valence electrons. The summed E-state index contributed by atoms with van der Waals surface area (Å²) in [5.74, 6) is -0.0194. The fourth-order valence-corrected chi connectivity index (χ4v) is 6.05. The fourth-order valence-electron chi connectivity index (χ4n) is 6.05. The second kappa shape index (κ2) is 4.58. The molecule has 2 bridgehead atoms. The van der Waals surface area contributed by atoms with Crippen molar-refractivity contribution in [1.82, 2.24) is 0 Å². The summed E-state index contributed by atoms with van der Waals surface area (Å²) in [6.07, 6.45) is 1.78. The third-order valence-electron chi connectivity index (χ3n) is 7.50. The van der Waals surface area contributed by atoms with Crippen molar-refractivity contribution in [3.05, 3.63) is 23.3 Å². The predicted octanol–water partition coefficient (Wildman–Crippen LogP) is 0.569. The molecular formula is C19H26O5. The van der Waals surface area contributed by atoms with Gasteiger partial charge in [0, 0.05) is 5.92 Å². The van der Waals surface area contributed by atoms with Gasteiger partial charge in [-0.15, -0.1) is 0 Å². The molecule has 1 spiro atoms. The second-order valence-electron chi connectivity index (χ2n) is 8.77. The smallest absolute Gasteiger partial charge is 0.153 e. The van der Waals surface area contributed by atoms with Crippen molar-refractivity contribution in [1.29, 1.82) is 0 Å². The Balaban J connectivity index is 1.95. The van der Waals surface area contributed by atoms with Crippen molar-refractivity contribution < 1.29 is 25.2 Å². The highest BCUT2D eigenvalue weighted by Gasteiger charge is 2.73. The standard InChI is InChI=1S/C19H26O5/c1-9-7-18-5-4-12-13(17(12,2)3)11(16(18)23)6-10(8-20)15(22)19(18,24)14(9)21/h6-7,11-15,20-22,24H,4-5,8H2,1-3H3/t11?,12-,13+,14+,15-,18-,19-/m1/s1. The zero-order valence-electron chi connectivity index (χ0n) is 14.4. The van der Waals surface area contributed by atoms with Crippen molar-refractivity contribution in [3.8, 4) is 0 Å². The van der Waals surface area contributed by atoms with Gasteiger partial charge in [-0.25, -0.2) is 0 Å². The SMILES string of the molecule is CC1=C[C@@]23CC[C@@H]4[C@H](C(C=C(CO)[C@@H](O)[C@]2(O)[C@H]1O)C3=O)C4(C)C. The number of allylic oxidation sites excluding steroid dienone is 1. The number of ketones is 1. The minimum Gasteiger partial charge on any atom is -0.392 e. The minimum absolute atomic E-state index is 0.0440. The Morgan fingerprint density at radius 2 is 1.92 bits per heavy atom. The van der Waals surface area contributed by atoms with E-state index in [1.165, 1.54) is 0 Å². The van der Waals surface area contributed by atoms with Gasteiger partial charge in [-0.1, -0.05) is 26.0 Å². The Morgan fingerprint density at radius 1 is 1.25 bits per heavy atom. The molecule has 0 saturated heterocycles. The number of carbonyl (C=O) groups excluding carboxylic acids is 1. The molecule has 4 N–H and O–H groups in total. The van der Waals surface area contributed by atoms with Crippen LogP contribution in [0.4, 0.5) is 0 Å². The lowest BCUT2D eigenvalue weighted by Crippen LogP contribution is -2.63. The lowest BCUT2D eigenvalue weighted by Gasteiger charge is -2.45. The maximum atomic E-state index is 13.5. The predicted molar refractivity (Wildman–Crippen MR) is 86.8 cm³/mol. The normalized spacial score (nSPS) is 51.8. The number of fused-ring (bicyclic) bond motifs is 3. The van der Waals surface area contributed by atoms with E-state index >= 15 is 0 Å². The highest BCUT2D eigenvalue weighted by atomic mass is 16.4. The van der Waals surface area contributed by atoms with Crippen LogP contribution >= 0.6 is 0 Å². The summed E-state index contributed by atoms with van der Waals surface area (Å²) >= 11 is 0. The van der Waals surface area contributed by atoms with Crippen LogP contribution in [0.1, 0.15) is 33.6 Å². The summed E-state index contributed by atoms with van der Waals surface area (Å²) in [5, 5.41) is 42.6. The van der Waals surface area contributed by atoms with Crippen LogP contribution < -0.4 is 0 Å². The van der Waals surface area contributed by atoms with Crippen LogP contribution in [0, 0.1) is 28.6 Å². The maximum absolute atomic E-state index is 13.5. The summed E-state index contributed by atoms with van der Waals surface area (Å²) in [5.41, 5.74) is -2.49. The molecular weight excluding hydrogens is 308 g/mol. The molecule has 0 aromatic rings. The van der Waals surface area contributed by atoms with Crippen LogP contribution in [0.25, 0.3) is 0 Å². The molecule has 0 heterocycles. The van der Waals surface area contributed by atoms with Crippen LogP contribution in [-0.2, 0) is 4.79 Å². The van der Waals surface area contributed by atoms with E-state index in [1.54, 1.807) is 19.1 Å². The van der Waals surface area contributed by atoms with Gasteiger partial charge in [0.05, 0.1) is 12.0 Å². The van der Waals surface area contributed by atoms with Crippen LogP contribution in [-0.4, -0.2) is 50.6 Å². The zero-order chi connectivity index (χ0) is 17.7. The highest BCUT2D eigenvalue weighted by molar-refractivity contribution is 5.95. The molecule has 5 heteroatoms. The molecule has 2 saturated carbocycles. The van der Waals surface area contributed by atoms with Crippen LogP contribution in [0.15, 0.2) is 23.3 Å². The Hall–Kier alpha value is -1.01. The Labute approximate surface area is 141 Å². The van der Waals surface area contributed by atoms with Crippen LogP contribution in [0.2, 0.25) is 0 Å². The van der Waals surface area contributed by atoms with E-state index in [9.17, 15) is 25.2 Å². The number of Topliss-reactive ketones (excluding diaryl/α,β-unsaturated/α-hetero) is 1. The third kappa shape index (κ3) is 1.57. The summed E-state index contributed by atoms with van der Waals surface area (Å²) in [4.78, 5) is 13.5. The number of hydrogen-bond acceptors (Lipinski definition) is 5. The quantitative estimate of drug-likeness (QED) is 0.526. The Morgan fingerprint density at radius 3 is 2.54 bits per heavy atom. The van der Waals surface area contributed by atoms with Gasteiger partial charge in [0.25, 0.3) is 0 Å². The van der Waals surface area contributed by atoms with Crippen LogP contribution in [0.3, 0.4) is 0 Å². The topological polar surface area (TPSA) is 98.0 Å². The lowest BCUT2D eigenvalue weighted by atomic mass is 9.63. The van der Waals surface area contributed by atoms with Crippen molar-refractivity contribution in [2.24, 2.45) is 28.6 Å². The average molecular weight is 334 g/mol. The first-order valence-corrected chi connectivity index (χ1v) is 8.76. The first kappa shape index (κ1) is 16.5. The molecule has 0 aromatic heterocycles. The summed E-state index contributed by atoms with van der Waals surface area (Å²) in [7, 11) is 0. The van der Waals surface area contributed by atoms with E-state index in [0.29, 0.717) is 17.9 Å². The van der Waals surface area contributed by atoms with E-state index in [2.05, 4.69) is 13.8 Å². The number of aliphatic hydroxyl groups is 4. The molecule has 1 unspecified atom stereocenters. The first-order valence-electron chi connectivity index (χ1n) is 8.76.